The number of aryl methyl sites for hydroxylation is 2. The third kappa shape index (κ3) is 4.27. The fourth-order valence-corrected chi connectivity index (χ4v) is 3.82. The molecule has 0 spiro atoms. The molecule has 0 N–H and O–H groups in total. The fraction of sp³-hybridized carbons (Fsp3) is 0.429. The second-order valence-electron chi connectivity index (χ2n) is 7.21. The van der Waals surface area contributed by atoms with Gasteiger partial charge in [-0.2, -0.15) is 5.10 Å². The van der Waals surface area contributed by atoms with Gasteiger partial charge in [0.05, 0.1) is 5.69 Å². The Morgan fingerprint density at radius 3 is 3.00 bits per heavy atom. The molecule has 0 saturated carbocycles. The maximum Gasteiger partial charge on any atom is 0.226 e. The van der Waals surface area contributed by atoms with Crippen molar-refractivity contribution in [3.8, 4) is 11.5 Å². The number of likely N-dealkylation sites (tertiary alicyclic amines) is 1. The van der Waals surface area contributed by atoms with Crippen molar-refractivity contribution in [2.45, 2.75) is 51.7 Å². The third-order valence-corrected chi connectivity index (χ3v) is 5.32. The molecule has 1 atom stereocenters. The average molecular weight is 368 g/mol. The summed E-state index contributed by atoms with van der Waals surface area (Å²) in [5, 5.41) is 4.31. The van der Waals surface area contributed by atoms with Crippen molar-refractivity contribution >= 4 is 0 Å². The highest BCUT2D eigenvalue weighted by Gasteiger charge is 2.24. The minimum atomic E-state index is -0.278. The smallest absolute Gasteiger partial charge is 0.226 e. The quantitative estimate of drug-likeness (QED) is 0.646. The first-order chi connectivity index (χ1) is 13.2. The van der Waals surface area contributed by atoms with Gasteiger partial charge < -0.3 is 4.42 Å². The Morgan fingerprint density at radius 1 is 1.26 bits per heavy atom. The zero-order valence-electron chi connectivity index (χ0n) is 15.6. The second-order valence-corrected chi connectivity index (χ2v) is 7.21. The third-order valence-electron chi connectivity index (χ3n) is 5.32. The molecule has 0 unspecified atom stereocenters. The Labute approximate surface area is 158 Å². The summed E-state index contributed by atoms with van der Waals surface area (Å²) in [7, 11) is 0. The van der Waals surface area contributed by atoms with Gasteiger partial charge in [0.15, 0.2) is 0 Å². The van der Waals surface area contributed by atoms with Gasteiger partial charge in [0.2, 0.25) is 5.89 Å². The van der Waals surface area contributed by atoms with Gasteiger partial charge in [-0.3, -0.25) is 9.58 Å². The summed E-state index contributed by atoms with van der Waals surface area (Å²) in [5.41, 5.74) is 1.62. The number of halogens is 1. The molecule has 1 aromatic carbocycles. The summed E-state index contributed by atoms with van der Waals surface area (Å²) < 4.78 is 21.3. The van der Waals surface area contributed by atoms with Crippen molar-refractivity contribution in [3.63, 3.8) is 0 Å². The maximum atomic E-state index is 13.5. The van der Waals surface area contributed by atoms with Gasteiger partial charge in [0.1, 0.15) is 11.6 Å². The van der Waals surface area contributed by atoms with E-state index in [0.717, 1.165) is 37.5 Å². The van der Waals surface area contributed by atoms with Crippen molar-refractivity contribution in [1.29, 1.82) is 0 Å². The second kappa shape index (κ2) is 8.05. The molecule has 0 bridgehead atoms. The Morgan fingerprint density at radius 2 is 2.19 bits per heavy atom. The molecule has 3 heterocycles. The van der Waals surface area contributed by atoms with Crippen LogP contribution < -0.4 is 0 Å². The number of hydrogen-bond donors (Lipinski definition) is 0. The number of piperidine rings is 1. The van der Waals surface area contributed by atoms with Crippen LogP contribution in [0.25, 0.3) is 11.5 Å². The van der Waals surface area contributed by atoms with E-state index < -0.39 is 0 Å². The largest absolute Gasteiger partial charge is 0.441 e. The summed E-state index contributed by atoms with van der Waals surface area (Å²) in [4.78, 5) is 7.17. The standard InChI is InChI=1S/C21H25FN4O/c1-16-20(24-21(27-16)17-6-4-7-18(22)14-17)15-25-11-3-2-8-19(25)9-13-26-12-5-10-23-26/h4-7,10,12,14,19H,2-3,8-9,11,13,15H2,1H3/t19-/m0/s1. The van der Waals surface area contributed by atoms with Crippen molar-refractivity contribution in [2.75, 3.05) is 6.54 Å². The van der Waals surface area contributed by atoms with Crippen LogP contribution in [0.5, 0.6) is 0 Å². The van der Waals surface area contributed by atoms with Gasteiger partial charge in [0.25, 0.3) is 0 Å². The van der Waals surface area contributed by atoms with E-state index in [1.807, 2.05) is 36.1 Å². The predicted molar refractivity (Wildman–Crippen MR) is 102 cm³/mol. The van der Waals surface area contributed by atoms with Crippen LogP contribution in [0.15, 0.2) is 47.1 Å². The molecule has 2 aromatic heterocycles. The van der Waals surface area contributed by atoms with Crippen LogP contribution in [-0.2, 0) is 13.1 Å². The number of rotatable bonds is 6. The molecule has 1 saturated heterocycles. The van der Waals surface area contributed by atoms with Crippen molar-refractivity contribution in [3.05, 3.63) is 60.0 Å². The summed E-state index contributed by atoms with van der Waals surface area (Å²) in [6, 6.07) is 8.88. The van der Waals surface area contributed by atoms with E-state index in [2.05, 4.69) is 15.0 Å². The van der Waals surface area contributed by atoms with Crippen LogP contribution in [-0.4, -0.2) is 32.3 Å². The van der Waals surface area contributed by atoms with Gasteiger partial charge in [0, 0.05) is 37.1 Å². The van der Waals surface area contributed by atoms with Crippen LogP contribution in [0.4, 0.5) is 4.39 Å². The first-order valence-corrected chi connectivity index (χ1v) is 9.63. The van der Waals surface area contributed by atoms with Crippen molar-refractivity contribution in [1.82, 2.24) is 19.7 Å². The first kappa shape index (κ1) is 17.9. The van der Waals surface area contributed by atoms with E-state index in [1.165, 1.54) is 31.4 Å². The van der Waals surface area contributed by atoms with Crippen LogP contribution in [0.3, 0.4) is 0 Å². The van der Waals surface area contributed by atoms with Gasteiger partial charge >= 0.3 is 0 Å². The average Bonchev–Trinajstić information content (AvgIpc) is 3.31. The summed E-state index contributed by atoms with van der Waals surface area (Å²) in [6.07, 6.45) is 8.61. The van der Waals surface area contributed by atoms with Crippen molar-refractivity contribution < 1.29 is 8.81 Å². The summed E-state index contributed by atoms with van der Waals surface area (Å²) in [5.74, 6) is 1.03. The molecule has 4 rings (SSSR count). The lowest BCUT2D eigenvalue weighted by molar-refractivity contribution is 0.125. The van der Waals surface area contributed by atoms with Crippen LogP contribution in [0, 0.1) is 12.7 Å². The lowest BCUT2D eigenvalue weighted by atomic mass is 9.99. The lowest BCUT2D eigenvalue weighted by Gasteiger charge is -2.35. The van der Waals surface area contributed by atoms with Crippen molar-refractivity contribution in [2.24, 2.45) is 0 Å². The van der Waals surface area contributed by atoms with E-state index in [9.17, 15) is 4.39 Å². The molecule has 1 fully saturated rings. The summed E-state index contributed by atoms with van der Waals surface area (Å²) >= 11 is 0. The molecule has 142 valence electrons. The Balaban J connectivity index is 1.46. The number of oxazole rings is 1. The molecular weight excluding hydrogens is 343 g/mol. The number of nitrogens with zero attached hydrogens (tertiary/aromatic N) is 4. The van der Waals surface area contributed by atoms with Crippen LogP contribution >= 0.6 is 0 Å². The molecule has 1 aliphatic heterocycles. The lowest BCUT2D eigenvalue weighted by Crippen LogP contribution is -2.39. The Kier molecular flexibility index (Phi) is 5.34. The van der Waals surface area contributed by atoms with E-state index in [1.54, 1.807) is 6.07 Å². The van der Waals surface area contributed by atoms with E-state index in [0.29, 0.717) is 17.5 Å². The molecule has 5 nitrogen and oxygen atoms in total. The van der Waals surface area contributed by atoms with Gasteiger partial charge in [-0.1, -0.05) is 12.5 Å². The summed E-state index contributed by atoms with van der Waals surface area (Å²) in [6.45, 7) is 4.72. The maximum absolute atomic E-state index is 13.5. The first-order valence-electron chi connectivity index (χ1n) is 9.63. The minimum absolute atomic E-state index is 0.278. The topological polar surface area (TPSA) is 47.1 Å². The van der Waals surface area contributed by atoms with E-state index in [-0.39, 0.29) is 5.82 Å². The molecule has 3 aromatic rings. The number of aromatic nitrogens is 3. The monoisotopic (exact) mass is 368 g/mol. The molecule has 0 aliphatic carbocycles. The zero-order chi connectivity index (χ0) is 18.6. The highest BCUT2D eigenvalue weighted by Crippen LogP contribution is 2.26. The molecule has 1 aliphatic rings. The zero-order valence-corrected chi connectivity index (χ0v) is 15.6. The SMILES string of the molecule is Cc1oc(-c2cccc(F)c2)nc1CN1CCCC[C@H]1CCn1cccn1. The molecule has 6 heteroatoms. The number of hydrogen-bond acceptors (Lipinski definition) is 4. The predicted octanol–water partition coefficient (Wildman–Crippen LogP) is 4.43. The Hall–Kier alpha value is -2.47. The normalized spacial score (nSPS) is 18.1. The molecule has 27 heavy (non-hydrogen) atoms. The number of benzene rings is 1. The van der Waals surface area contributed by atoms with Crippen LogP contribution in [0.2, 0.25) is 0 Å². The van der Waals surface area contributed by atoms with Gasteiger partial charge in [-0.05, 0) is 57.0 Å². The molecular formula is C21H25FN4O. The minimum Gasteiger partial charge on any atom is -0.441 e. The Bertz CT molecular complexity index is 874. The van der Waals surface area contributed by atoms with Gasteiger partial charge in [-0.15, -0.1) is 0 Å². The van der Waals surface area contributed by atoms with E-state index >= 15 is 0 Å². The molecule has 0 radical (unpaired) electrons. The van der Waals surface area contributed by atoms with Gasteiger partial charge in [-0.25, -0.2) is 9.37 Å². The highest BCUT2D eigenvalue weighted by molar-refractivity contribution is 5.53. The fourth-order valence-electron chi connectivity index (χ4n) is 3.82. The molecule has 0 amide bonds. The highest BCUT2D eigenvalue weighted by atomic mass is 19.1. The van der Waals surface area contributed by atoms with Crippen LogP contribution in [0.1, 0.15) is 37.1 Å². The van der Waals surface area contributed by atoms with E-state index in [4.69, 9.17) is 4.42 Å².